The zero-order chi connectivity index (χ0) is 26.7. The van der Waals surface area contributed by atoms with Gasteiger partial charge in [-0.1, -0.05) is 12.1 Å². The molecule has 3 aromatic rings. The quantitative estimate of drug-likeness (QED) is 0.316. The van der Waals surface area contributed by atoms with Crippen molar-refractivity contribution in [2.75, 3.05) is 20.8 Å². The van der Waals surface area contributed by atoms with Gasteiger partial charge in [0, 0.05) is 66.5 Å². The molecule has 2 amide bonds. The average molecular weight is 636 g/mol. The van der Waals surface area contributed by atoms with Crippen LogP contribution in [0.25, 0.3) is 10.9 Å². The number of hydrogen-bond acceptors (Lipinski definition) is 6. The molecule has 2 saturated heterocycles. The highest BCUT2D eigenvalue weighted by molar-refractivity contribution is 14.2. The highest BCUT2D eigenvalue weighted by Crippen LogP contribution is 2.34. The molecule has 3 heterocycles. The van der Waals surface area contributed by atoms with E-state index < -0.39 is 12.0 Å². The van der Waals surface area contributed by atoms with Gasteiger partial charge in [-0.2, -0.15) is 0 Å². The Balaban J connectivity index is 0.000000186. The predicted octanol–water partition coefficient (Wildman–Crippen LogP) is 5.14. The molecule has 196 valence electrons. The molecule has 37 heavy (non-hydrogen) atoms. The van der Waals surface area contributed by atoms with E-state index in [2.05, 4.69) is 67.4 Å². The molecule has 2 unspecified atom stereocenters. The standard InChI is InChI=1S/C16H18N2O4.C11H12INOS/c1-22-16(21)11-6-4-10(5-7-11)14-15(20)18-8-2-3-12(18)9-13(19)17-14;1-7-6-10(14-3)8(2)9-4-5-13(15-12)11(7)9/h4-7,12,14H,2-3,8-9H2,1H3,(H,17,19);4-6H,1-3H3. The fourth-order valence-corrected chi connectivity index (χ4v) is 6.44. The molecular formula is C27H30IN3O5S. The first-order chi connectivity index (χ1) is 17.8. The van der Waals surface area contributed by atoms with Crippen molar-refractivity contribution in [1.82, 2.24) is 14.2 Å². The second kappa shape index (κ2) is 11.8. The first-order valence-electron chi connectivity index (χ1n) is 12.0. The van der Waals surface area contributed by atoms with Gasteiger partial charge in [-0.15, -0.1) is 0 Å². The Morgan fingerprint density at radius 2 is 1.86 bits per heavy atom. The summed E-state index contributed by atoms with van der Waals surface area (Å²) in [4.78, 5) is 37.9. The summed E-state index contributed by atoms with van der Waals surface area (Å²) in [7, 11) is 4.73. The minimum atomic E-state index is -0.678. The fraction of sp³-hybridized carbons (Fsp3) is 0.370. The van der Waals surface area contributed by atoms with Crippen molar-refractivity contribution in [3.8, 4) is 5.75 Å². The molecule has 8 nitrogen and oxygen atoms in total. The van der Waals surface area contributed by atoms with E-state index in [1.54, 1.807) is 45.4 Å². The van der Waals surface area contributed by atoms with Crippen molar-refractivity contribution in [3.63, 3.8) is 0 Å². The molecule has 2 atom stereocenters. The minimum Gasteiger partial charge on any atom is -0.496 e. The lowest BCUT2D eigenvalue weighted by Crippen LogP contribution is -2.39. The van der Waals surface area contributed by atoms with Crippen LogP contribution in [0.15, 0.2) is 42.6 Å². The summed E-state index contributed by atoms with van der Waals surface area (Å²) in [5.41, 5.74) is 4.84. The molecule has 0 radical (unpaired) electrons. The number of ether oxygens (including phenoxy) is 2. The third-order valence-corrected chi connectivity index (χ3v) is 8.67. The summed E-state index contributed by atoms with van der Waals surface area (Å²) in [5, 5.41) is 4.06. The number of nitrogens with one attached hydrogen (secondary N) is 1. The number of amides is 2. The Morgan fingerprint density at radius 3 is 2.51 bits per heavy atom. The van der Waals surface area contributed by atoms with Crippen LogP contribution in [0.1, 0.15) is 52.4 Å². The predicted molar refractivity (Wildman–Crippen MR) is 153 cm³/mol. The van der Waals surface area contributed by atoms with E-state index in [0.29, 0.717) is 24.1 Å². The van der Waals surface area contributed by atoms with Gasteiger partial charge in [0.15, 0.2) is 0 Å². The van der Waals surface area contributed by atoms with Crippen LogP contribution < -0.4 is 10.1 Å². The summed E-state index contributed by atoms with van der Waals surface area (Å²) in [5.74, 6) is 0.363. The third-order valence-electron chi connectivity index (χ3n) is 6.94. The zero-order valence-electron chi connectivity index (χ0n) is 21.2. The fourth-order valence-electron chi connectivity index (χ4n) is 5.03. The Labute approximate surface area is 232 Å². The number of carbonyl (C=O) groups is 3. The first kappa shape index (κ1) is 27.3. The number of hydrogen-bond donors (Lipinski definition) is 1. The van der Waals surface area contributed by atoms with Gasteiger partial charge >= 0.3 is 5.97 Å². The molecule has 2 aromatic carbocycles. The largest absolute Gasteiger partial charge is 0.496 e. The van der Waals surface area contributed by atoms with E-state index in [1.165, 1.54) is 29.1 Å². The molecule has 0 spiro atoms. The highest BCUT2D eigenvalue weighted by Gasteiger charge is 2.38. The molecule has 1 N–H and O–H groups in total. The lowest BCUT2D eigenvalue weighted by atomic mass is 10.0. The number of fused-ring (bicyclic) bond motifs is 2. The maximum atomic E-state index is 12.7. The summed E-state index contributed by atoms with van der Waals surface area (Å²) in [6.07, 6.45) is 4.29. The van der Waals surface area contributed by atoms with E-state index >= 15 is 0 Å². The molecule has 0 bridgehead atoms. The van der Waals surface area contributed by atoms with Gasteiger partial charge in [-0.05, 0) is 62.1 Å². The number of esters is 1. The van der Waals surface area contributed by atoms with Gasteiger partial charge < -0.3 is 19.7 Å². The lowest BCUT2D eigenvalue weighted by molar-refractivity contribution is -0.134. The number of nitrogens with zero attached hydrogens (tertiary/aromatic N) is 2. The number of carbonyl (C=O) groups excluding carboxylic acids is 3. The molecule has 10 heteroatoms. The van der Waals surface area contributed by atoms with Gasteiger partial charge in [-0.25, -0.2) is 4.79 Å². The highest BCUT2D eigenvalue weighted by atomic mass is 127. The molecule has 0 saturated carbocycles. The zero-order valence-corrected chi connectivity index (χ0v) is 24.2. The van der Waals surface area contributed by atoms with E-state index in [-0.39, 0.29) is 17.9 Å². The minimum absolute atomic E-state index is 0.0202. The number of aryl methyl sites for hydroxylation is 2. The summed E-state index contributed by atoms with van der Waals surface area (Å²) in [6.45, 7) is 4.92. The normalized spacial score (nSPS) is 19.0. The maximum Gasteiger partial charge on any atom is 0.337 e. The first-order valence-corrected chi connectivity index (χ1v) is 15.3. The summed E-state index contributed by atoms with van der Waals surface area (Å²) >= 11 is 2.29. The van der Waals surface area contributed by atoms with E-state index in [9.17, 15) is 14.4 Å². The lowest BCUT2D eigenvalue weighted by Gasteiger charge is -2.24. The third kappa shape index (κ3) is 5.59. The van der Waals surface area contributed by atoms with Crippen molar-refractivity contribution in [2.24, 2.45) is 0 Å². The summed E-state index contributed by atoms with van der Waals surface area (Å²) < 4.78 is 12.2. The monoisotopic (exact) mass is 635 g/mol. The molecule has 2 aliphatic rings. The van der Waals surface area contributed by atoms with E-state index in [1.807, 2.05) is 0 Å². The number of halogens is 1. The second-order valence-electron chi connectivity index (χ2n) is 9.14. The molecule has 2 fully saturated rings. The van der Waals surface area contributed by atoms with Crippen LogP contribution in [0.2, 0.25) is 0 Å². The smallest absolute Gasteiger partial charge is 0.337 e. The molecule has 1 aromatic heterocycles. The molecular weight excluding hydrogens is 605 g/mol. The van der Waals surface area contributed by atoms with Gasteiger partial charge in [0.2, 0.25) is 11.8 Å². The van der Waals surface area contributed by atoms with Crippen LogP contribution in [0.5, 0.6) is 5.75 Å². The Kier molecular flexibility index (Phi) is 8.68. The molecule has 0 aliphatic carbocycles. The van der Waals surface area contributed by atoms with Gasteiger partial charge in [0.1, 0.15) is 11.8 Å². The average Bonchev–Trinajstić information content (AvgIpc) is 3.54. The van der Waals surface area contributed by atoms with Crippen LogP contribution in [0.3, 0.4) is 0 Å². The number of methoxy groups -OCH3 is 2. The van der Waals surface area contributed by atoms with Crippen molar-refractivity contribution < 1.29 is 23.9 Å². The van der Waals surface area contributed by atoms with Crippen molar-refractivity contribution in [3.05, 3.63) is 64.8 Å². The van der Waals surface area contributed by atoms with E-state index in [4.69, 9.17) is 4.74 Å². The SMILES string of the molecule is COC(=O)c1ccc(C2NC(=O)CC3CCCN3C2=O)cc1.COc1cc(C)c2c(ccn2SI)c1C. The van der Waals surface area contributed by atoms with Crippen LogP contribution >= 0.6 is 30.3 Å². The Morgan fingerprint density at radius 1 is 1.14 bits per heavy atom. The summed E-state index contributed by atoms with van der Waals surface area (Å²) in [6, 6.07) is 10.2. The molecule has 2 aliphatic heterocycles. The van der Waals surface area contributed by atoms with Crippen LogP contribution in [0.4, 0.5) is 0 Å². The van der Waals surface area contributed by atoms with Crippen LogP contribution in [0, 0.1) is 13.8 Å². The topological polar surface area (TPSA) is 89.9 Å². The van der Waals surface area contributed by atoms with Gasteiger partial charge in [0.25, 0.3) is 0 Å². The van der Waals surface area contributed by atoms with Crippen molar-refractivity contribution >= 4 is 59.0 Å². The number of rotatable bonds is 4. The Bertz CT molecular complexity index is 1320. The van der Waals surface area contributed by atoms with Crippen LogP contribution in [-0.2, 0) is 14.3 Å². The van der Waals surface area contributed by atoms with Gasteiger partial charge in [-0.3, -0.25) is 13.6 Å². The Hall–Kier alpha value is -2.73. The van der Waals surface area contributed by atoms with Crippen molar-refractivity contribution in [1.29, 1.82) is 0 Å². The van der Waals surface area contributed by atoms with Gasteiger partial charge in [0.05, 0.1) is 25.3 Å². The molecule has 5 rings (SSSR count). The second-order valence-corrected chi connectivity index (χ2v) is 10.9. The number of benzene rings is 2. The number of aromatic nitrogens is 1. The van der Waals surface area contributed by atoms with Crippen molar-refractivity contribution in [2.45, 2.75) is 45.2 Å². The van der Waals surface area contributed by atoms with E-state index in [0.717, 1.165) is 18.6 Å². The maximum absolute atomic E-state index is 12.7. The van der Waals surface area contributed by atoms with Crippen LogP contribution in [-0.4, -0.2) is 53.5 Å².